The Hall–Kier alpha value is -0.890. The summed E-state index contributed by atoms with van der Waals surface area (Å²) in [5.41, 5.74) is 1.02. The Balaban J connectivity index is 0.00000576. The van der Waals surface area contributed by atoms with Crippen molar-refractivity contribution < 1.29 is 9.50 Å². The van der Waals surface area contributed by atoms with Gasteiger partial charge in [0, 0.05) is 26.2 Å². The zero-order valence-corrected chi connectivity index (χ0v) is 18.0. The maximum absolute atomic E-state index is 13.2. The summed E-state index contributed by atoms with van der Waals surface area (Å²) in [7, 11) is 0. The van der Waals surface area contributed by atoms with Crippen LogP contribution in [0.5, 0.6) is 0 Å². The molecule has 0 fully saturated rings. The zero-order chi connectivity index (χ0) is 17.8. The van der Waals surface area contributed by atoms with Gasteiger partial charge in [-0.2, -0.15) is 0 Å². The number of benzene rings is 1. The maximum Gasteiger partial charge on any atom is 0.191 e. The highest BCUT2D eigenvalue weighted by molar-refractivity contribution is 14.0. The van der Waals surface area contributed by atoms with Crippen molar-refractivity contribution in [2.45, 2.75) is 46.5 Å². The lowest BCUT2D eigenvalue weighted by Crippen LogP contribution is -2.39. The van der Waals surface area contributed by atoms with E-state index in [1.165, 1.54) is 6.07 Å². The molecular weight excluding hydrogens is 432 g/mol. The molecule has 0 saturated heterocycles. The van der Waals surface area contributed by atoms with E-state index in [0.717, 1.165) is 43.8 Å². The minimum atomic E-state index is -0.201. The molecule has 0 bridgehead atoms. The van der Waals surface area contributed by atoms with E-state index in [1.807, 2.05) is 13.0 Å². The fourth-order valence-electron chi connectivity index (χ4n) is 2.75. The number of nitrogens with one attached hydrogen (secondary N) is 2. The predicted octanol–water partition coefficient (Wildman–Crippen LogP) is 3.73. The van der Waals surface area contributed by atoms with Crippen LogP contribution in [0.1, 0.15) is 45.6 Å². The van der Waals surface area contributed by atoms with Crippen LogP contribution in [0.2, 0.25) is 0 Å². The number of aliphatic hydroxyl groups excluding tert-OH is 1. The van der Waals surface area contributed by atoms with Crippen LogP contribution >= 0.6 is 24.0 Å². The first kappa shape index (κ1) is 24.1. The van der Waals surface area contributed by atoms with E-state index < -0.39 is 0 Å². The summed E-state index contributed by atoms with van der Waals surface area (Å²) in [5.74, 6) is 0.575. The van der Waals surface area contributed by atoms with Crippen molar-refractivity contribution in [2.24, 2.45) is 10.4 Å². The van der Waals surface area contributed by atoms with Crippen LogP contribution in [0.4, 0.5) is 4.39 Å². The molecule has 0 aliphatic rings. The molecule has 0 aromatic heterocycles. The van der Waals surface area contributed by atoms with Crippen LogP contribution in [-0.2, 0) is 6.42 Å². The highest BCUT2D eigenvalue weighted by Gasteiger charge is 2.25. The molecular formula is C19H33FIN3O. The lowest BCUT2D eigenvalue weighted by atomic mass is 9.79. The van der Waals surface area contributed by atoms with E-state index >= 15 is 0 Å². The number of hydrogen-bond donors (Lipinski definition) is 3. The van der Waals surface area contributed by atoms with Gasteiger partial charge in [0.1, 0.15) is 5.82 Å². The summed E-state index contributed by atoms with van der Waals surface area (Å²) in [6, 6.07) is 6.68. The van der Waals surface area contributed by atoms with Gasteiger partial charge in [0.05, 0.1) is 0 Å². The molecule has 0 atom stereocenters. The Labute approximate surface area is 168 Å². The van der Waals surface area contributed by atoms with Gasteiger partial charge in [-0.1, -0.05) is 26.0 Å². The first-order valence-electron chi connectivity index (χ1n) is 8.96. The summed E-state index contributed by atoms with van der Waals surface area (Å²) < 4.78 is 13.2. The second-order valence-corrected chi connectivity index (χ2v) is 6.18. The average Bonchev–Trinajstić information content (AvgIpc) is 2.58. The smallest absolute Gasteiger partial charge is 0.191 e. The van der Waals surface area contributed by atoms with E-state index in [4.69, 9.17) is 4.99 Å². The van der Waals surface area contributed by atoms with Crippen molar-refractivity contribution in [2.75, 3.05) is 26.2 Å². The largest absolute Gasteiger partial charge is 0.396 e. The Kier molecular flexibility index (Phi) is 12.9. The molecule has 4 nitrogen and oxygen atoms in total. The molecule has 0 spiro atoms. The molecule has 0 heterocycles. The first-order chi connectivity index (χ1) is 11.6. The minimum absolute atomic E-state index is 0. The molecule has 0 aliphatic heterocycles. The topological polar surface area (TPSA) is 56.7 Å². The summed E-state index contributed by atoms with van der Waals surface area (Å²) in [5, 5.41) is 15.9. The molecule has 0 saturated carbocycles. The lowest BCUT2D eigenvalue weighted by molar-refractivity contribution is 0.175. The van der Waals surface area contributed by atoms with Gasteiger partial charge in [-0.25, -0.2) is 4.39 Å². The van der Waals surface area contributed by atoms with E-state index in [-0.39, 0.29) is 41.8 Å². The minimum Gasteiger partial charge on any atom is -0.396 e. The summed E-state index contributed by atoms with van der Waals surface area (Å²) in [6.45, 7) is 8.70. The number of halogens is 2. The van der Waals surface area contributed by atoms with Crippen molar-refractivity contribution in [3.63, 3.8) is 0 Å². The Morgan fingerprint density at radius 2 is 1.92 bits per heavy atom. The van der Waals surface area contributed by atoms with Gasteiger partial charge in [-0.15, -0.1) is 24.0 Å². The Bertz CT molecular complexity index is 507. The van der Waals surface area contributed by atoms with Gasteiger partial charge in [0.25, 0.3) is 0 Å². The maximum atomic E-state index is 13.2. The van der Waals surface area contributed by atoms with Crippen molar-refractivity contribution in [1.82, 2.24) is 10.6 Å². The summed E-state index contributed by atoms with van der Waals surface area (Å²) in [6.07, 6.45) is 3.50. The van der Waals surface area contributed by atoms with E-state index in [1.54, 1.807) is 12.1 Å². The number of aliphatic hydroxyl groups is 1. The van der Waals surface area contributed by atoms with Crippen LogP contribution < -0.4 is 10.6 Å². The molecule has 6 heteroatoms. The molecule has 1 rings (SSSR count). The van der Waals surface area contributed by atoms with Crippen LogP contribution in [0.15, 0.2) is 29.3 Å². The third-order valence-electron chi connectivity index (χ3n) is 4.65. The standard InChI is InChI=1S/C19H32FN3O.HI/c1-4-19(5-2,11-13-24)15-23-18(21-6-3)22-12-10-16-8-7-9-17(20)14-16;/h7-9,14,24H,4-6,10-13,15H2,1-3H3,(H2,21,22,23);1H. The molecule has 1 aromatic carbocycles. The molecule has 1 aromatic rings. The SMILES string of the molecule is CCNC(=NCC(CC)(CC)CCO)NCCc1cccc(F)c1.I. The predicted molar refractivity (Wildman–Crippen MR) is 114 cm³/mol. The number of nitrogens with zero attached hydrogens (tertiary/aromatic N) is 1. The van der Waals surface area contributed by atoms with Gasteiger partial charge < -0.3 is 15.7 Å². The second kappa shape index (κ2) is 13.3. The van der Waals surface area contributed by atoms with Crippen molar-refractivity contribution >= 4 is 29.9 Å². The lowest BCUT2D eigenvalue weighted by Gasteiger charge is -2.29. The van der Waals surface area contributed by atoms with E-state index in [0.29, 0.717) is 13.1 Å². The van der Waals surface area contributed by atoms with Gasteiger partial charge in [-0.3, -0.25) is 4.99 Å². The number of rotatable bonds is 10. The third kappa shape index (κ3) is 8.85. The van der Waals surface area contributed by atoms with Gasteiger partial charge >= 0.3 is 0 Å². The number of guanidine groups is 1. The van der Waals surface area contributed by atoms with Crippen LogP contribution in [0, 0.1) is 11.2 Å². The van der Waals surface area contributed by atoms with Crippen molar-refractivity contribution in [1.29, 1.82) is 0 Å². The molecule has 0 unspecified atom stereocenters. The molecule has 0 aliphatic carbocycles. The Morgan fingerprint density at radius 3 is 2.48 bits per heavy atom. The van der Waals surface area contributed by atoms with Gasteiger partial charge in [0.2, 0.25) is 0 Å². The second-order valence-electron chi connectivity index (χ2n) is 6.18. The van der Waals surface area contributed by atoms with Crippen molar-refractivity contribution in [3.8, 4) is 0 Å². The van der Waals surface area contributed by atoms with Gasteiger partial charge in [-0.05, 0) is 55.7 Å². The Morgan fingerprint density at radius 1 is 1.20 bits per heavy atom. The van der Waals surface area contributed by atoms with Crippen LogP contribution in [0.25, 0.3) is 0 Å². The first-order valence-corrected chi connectivity index (χ1v) is 8.96. The molecule has 3 N–H and O–H groups in total. The number of aliphatic imine (C=N–C) groups is 1. The molecule has 0 amide bonds. The molecule has 144 valence electrons. The summed E-state index contributed by atoms with van der Waals surface area (Å²) in [4.78, 5) is 4.70. The monoisotopic (exact) mass is 465 g/mol. The van der Waals surface area contributed by atoms with E-state index in [2.05, 4.69) is 24.5 Å². The van der Waals surface area contributed by atoms with Crippen LogP contribution in [-0.4, -0.2) is 37.3 Å². The third-order valence-corrected chi connectivity index (χ3v) is 4.65. The highest BCUT2D eigenvalue weighted by Crippen LogP contribution is 2.30. The number of hydrogen-bond acceptors (Lipinski definition) is 2. The molecule has 25 heavy (non-hydrogen) atoms. The van der Waals surface area contributed by atoms with Crippen molar-refractivity contribution in [3.05, 3.63) is 35.6 Å². The summed E-state index contributed by atoms with van der Waals surface area (Å²) >= 11 is 0. The van der Waals surface area contributed by atoms with E-state index in [9.17, 15) is 9.50 Å². The molecule has 0 radical (unpaired) electrons. The fourth-order valence-corrected chi connectivity index (χ4v) is 2.75. The van der Waals surface area contributed by atoms with Gasteiger partial charge in [0.15, 0.2) is 5.96 Å². The fraction of sp³-hybridized carbons (Fsp3) is 0.632. The van der Waals surface area contributed by atoms with Crippen LogP contribution in [0.3, 0.4) is 0 Å². The zero-order valence-electron chi connectivity index (χ0n) is 15.6. The quantitative estimate of drug-likeness (QED) is 0.281. The highest BCUT2D eigenvalue weighted by atomic mass is 127. The normalized spacial score (nSPS) is 11.8. The average molecular weight is 465 g/mol.